The zero-order valence-electron chi connectivity index (χ0n) is 14.4. The molecule has 0 aliphatic heterocycles. The predicted molar refractivity (Wildman–Crippen MR) is 86.1 cm³/mol. The van der Waals surface area contributed by atoms with Gasteiger partial charge in [-0.25, -0.2) is 0 Å². The van der Waals surface area contributed by atoms with Crippen LogP contribution in [0.5, 0.6) is 0 Å². The van der Waals surface area contributed by atoms with Crippen molar-refractivity contribution in [3.8, 4) is 0 Å². The van der Waals surface area contributed by atoms with Crippen molar-refractivity contribution in [1.29, 1.82) is 0 Å². The lowest BCUT2D eigenvalue weighted by Gasteiger charge is -2.39. The first kappa shape index (κ1) is 16.7. The molecule has 1 amide bonds. The molecular formula is C16H33NOSi. The van der Waals surface area contributed by atoms with E-state index in [0.29, 0.717) is 22.4 Å². The number of hydrogen-bond donors (Lipinski definition) is 0. The maximum Gasteiger partial charge on any atom is 0.228 e. The van der Waals surface area contributed by atoms with Crippen LogP contribution in [0.3, 0.4) is 0 Å². The summed E-state index contributed by atoms with van der Waals surface area (Å²) in [5.41, 5.74) is 0.516. The Morgan fingerprint density at radius 2 is 1.63 bits per heavy atom. The summed E-state index contributed by atoms with van der Waals surface area (Å²) < 4.78 is 0. The van der Waals surface area contributed by atoms with Crippen LogP contribution in [-0.4, -0.2) is 32.0 Å². The van der Waals surface area contributed by atoms with E-state index in [1.165, 1.54) is 0 Å². The quantitative estimate of drug-likeness (QED) is 0.701. The first-order valence-corrected chi connectivity index (χ1v) is 10.8. The second-order valence-corrected chi connectivity index (χ2v) is 13.6. The Labute approximate surface area is 121 Å². The van der Waals surface area contributed by atoms with Crippen LogP contribution in [-0.2, 0) is 4.79 Å². The number of amides is 1. The molecule has 1 aliphatic carbocycles. The summed E-state index contributed by atoms with van der Waals surface area (Å²) in [5, 5.41) is 0.354. The monoisotopic (exact) mass is 283 g/mol. The Bertz CT molecular complexity index is 354. The van der Waals surface area contributed by atoms with E-state index in [2.05, 4.69) is 61.6 Å². The number of carbonyl (C=O) groups is 1. The minimum atomic E-state index is -1.45. The molecule has 1 aliphatic rings. The van der Waals surface area contributed by atoms with E-state index < -0.39 is 8.07 Å². The highest BCUT2D eigenvalue weighted by Crippen LogP contribution is 2.71. The van der Waals surface area contributed by atoms with Gasteiger partial charge < -0.3 is 4.90 Å². The van der Waals surface area contributed by atoms with Crippen LogP contribution >= 0.6 is 0 Å². The van der Waals surface area contributed by atoms with Crippen LogP contribution in [0.2, 0.25) is 23.7 Å². The summed E-state index contributed by atoms with van der Waals surface area (Å²) >= 11 is 0. The van der Waals surface area contributed by atoms with E-state index in [4.69, 9.17) is 0 Å². The predicted octanol–water partition coefficient (Wildman–Crippen LogP) is 4.39. The molecule has 0 N–H and O–H groups in total. The second kappa shape index (κ2) is 4.91. The fourth-order valence-electron chi connectivity index (χ4n) is 3.75. The van der Waals surface area contributed by atoms with Gasteiger partial charge in [0.25, 0.3) is 0 Å². The number of nitrogens with zero attached hydrogens (tertiary/aromatic N) is 1. The molecule has 0 saturated heterocycles. The third kappa shape index (κ3) is 2.39. The topological polar surface area (TPSA) is 20.3 Å². The van der Waals surface area contributed by atoms with Gasteiger partial charge in [-0.15, -0.1) is 0 Å². The molecule has 0 aromatic rings. The Hall–Kier alpha value is -0.313. The zero-order valence-corrected chi connectivity index (χ0v) is 15.4. The van der Waals surface area contributed by atoms with Crippen molar-refractivity contribution in [2.45, 2.75) is 72.1 Å². The van der Waals surface area contributed by atoms with E-state index >= 15 is 0 Å². The van der Waals surface area contributed by atoms with Gasteiger partial charge in [0, 0.05) is 18.5 Å². The van der Waals surface area contributed by atoms with Crippen molar-refractivity contribution in [2.75, 3.05) is 13.1 Å². The van der Waals surface area contributed by atoms with E-state index in [0.717, 1.165) is 13.1 Å². The highest BCUT2D eigenvalue weighted by atomic mass is 28.3. The first-order chi connectivity index (χ1) is 8.46. The molecule has 1 saturated carbocycles. The lowest BCUT2D eigenvalue weighted by molar-refractivity contribution is -0.136. The van der Waals surface area contributed by atoms with Crippen LogP contribution in [0.1, 0.15) is 48.5 Å². The fraction of sp³-hybridized carbons (Fsp3) is 0.938. The Morgan fingerprint density at radius 1 is 1.21 bits per heavy atom. The summed E-state index contributed by atoms with van der Waals surface area (Å²) in [6, 6.07) is 0. The molecule has 0 aromatic heterocycles. The third-order valence-corrected chi connectivity index (χ3v) is 12.7. The molecule has 3 atom stereocenters. The Kier molecular flexibility index (Phi) is 4.32. The van der Waals surface area contributed by atoms with Crippen molar-refractivity contribution >= 4 is 14.0 Å². The SMILES string of the molecule is CCN(CC)C(=O)[C@]1(C)[C@@H](C)[C@@H]1[Si](C)(C)C(C)(C)C. The van der Waals surface area contributed by atoms with Gasteiger partial charge in [0.1, 0.15) is 0 Å². The molecule has 0 radical (unpaired) electrons. The molecule has 1 fully saturated rings. The maximum absolute atomic E-state index is 12.8. The smallest absolute Gasteiger partial charge is 0.228 e. The number of carbonyl (C=O) groups excluding carboxylic acids is 1. The standard InChI is InChI=1S/C16H33NOSi/c1-10-17(11-2)14(18)16(7)12(3)13(16)19(8,9)15(4,5)6/h12-13H,10-11H2,1-9H3/t12-,13-,16+/m0/s1. The first-order valence-electron chi connectivity index (χ1n) is 7.75. The summed E-state index contributed by atoms with van der Waals surface area (Å²) in [7, 11) is -1.45. The molecule has 2 nitrogen and oxygen atoms in total. The van der Waals surface area contributed by atoms with Gasteiger partial charge in [0.15, 0.2) is 0 Å². The largest absolute Gasteiger partial charge is 0.343 e. The van der Waals surface area contributed by atoms with Crippen LogP contribution in [0.15, 0.2) is 0 Å². The van der Waals surface area contributed by atoms with Crippen LogP contribution in [0.25, 0.3) is 0 Å². The van der Waals surface area contributed by atoms with Crippen LogP contribution in [0, 0.1) is 11.3 Å². The Balaban J connectivity index is 3.02. The minimum absolute atomic E-state index is 0.102. The van der Waals surface area contributed by atoms with Gasteiger partial charge in [-0.05, 0) is 30.3 Å². The summed E-state index contributed by atoms with van der Waals surface area (Å²) in [6.45, 7) is 22.3. The van der Waals surface area contributed by atoms with E-state index in [9.17, 15) is 4.79 Å². The van der Waals surface area contributed by atoms with Crippen molar-refractivity contribution in [3.63, 3.8) is 0 Å². The molecule has 0 unspecified atom stereocenters. The normalized spacial score (nSPS) is 31.2. The highest BCUT2D eigenvalue weighted by molar-refractivity contribution is 6.82. The molecule has 112 valence electrons. The lowest BCUT2D eigenvalue weighted by Crippen LogP contribution is -2.43. The maximum atomic E-state index is 12.8. The van der Waals surface area contributed by atoms with Gasteiger partial charge in [0.2, 0.25) is 5.91 Å². The highest BCUT2D eigenvalue weighted by Gasteiger charge is 2.70. The summed E-state index contributed by atoms with van der Waals surface area (Å²) in [4.78, 5) is 14.8. The van der Waals surface area contributed by atoms with Gasteiger partial charge in [-0.1, -0.05) is 47.7 Å². The average Bonchev–Trinajstić information content (AvgIpc) is 2.83. The van der Waals surface area contributed by atoms with Crippen molar-refractivity contribution in [2.24, 2.45) is 11.3 Å². The molecule has 0 aromatic carbocycles. The van der Waals surface area contributed by atoms with Crippen molar-refractivity contribution in [3.05, 3.63) is 0 Å². The summed E-state index contributed by atoms with van der Waals surface area (Å²) in [6.07, 6.45) is 0. The molecule has 0 bridgehead atoms. The summed E-state index contributed by atoms with van der Waals surface area (Å²) in [5.74, 6) is 0.932. The van der Waals surface area contributed by atoms with Gasteiger partial charge in [-0.3, -0.25) is 4.79 Å². The van der Waals surface area contributed by atoms with Crippen LogP contribution in [0.4, 0.5) is 0 Å². The fourth-order valence-corrected chi connectivity index (χ4v) is 8.07. The molecule has 0 heterocycles. The van der Waals surface area contributed by atoms with Gasteiger partial charge >= 0.3 is 0 Å². The van der Waals surface area contributed by atoms with E-state index in [1.54, 1.807) is 0 Å². The second-order valence-electron chi connectivity index (χ2n) is 8.00. The van der Waals surface area contributed by atoms with Gasteiger partial charge in [-0.2, -0.15) is 0 Å². The third-order valence-electron chi connectivity index (χ3n) is 6.20. The molecule has 19 heavy (non-hydrogen) atoms. The average molecular weight is 284 g/mol. The Morgan fingerprint density at radius 3 is 1.95 bits per heavy atom. The molecule has 3 heteroatoms. The number of hydrogen-bond acceptors (Lipinski definition) is 1. The van der Waals surface area contributed by atoms with Gasteiger partial charge in [0.05, 0.1) is 8.07 Å². The number of rotatable bonds is 4. The minimum Gasteiger partial charge on any atom is -0.343 e. The van der Waals surface area contributed by atoms with Crippen molar-refractivity contribution in [1.82, 2.24) is 4.90 Å². The zero-order chi connectivity index (χ0) is 15.2. The van der Waals surface area contributed by atoms with Crippen LogP contribution < -0.4 is 0 Å². The molecule has 0 spiro atoms. The molecule has 1 rings (SSSR count). The van der Waals surface area contributed by atoms with E-state index in [1.807, 2.05) is 4.90 Å². The lowest BCUT2D eigenvalue weighted by atomic mass is 10.1. The van der Waals surface area contributed by atoms with Crippen molar-refractivity contribution < 1.29 is 4.79 Å². The van der Waals surface area contributed by atoms with E-state index in [-0.39, 0.29) is 5.41 Å². The molecular weight excluding hydrogens is 250 g/mol.